The molecule has 3 heterocycles. The van der Waals surface area contributed by atoms with Gasteiger partial charge in [0.25, 0.3) is 0 Å². The molecule has 0 saturated carbocycles. The summed E-state index contributed by atoms with van der Waals surface area (Å²) in [5, 5.41) is 0. The molecule has 2 aromatic heterocycles. The summed E-state index contributed by atoms with van der Waals surface area (Å²) in [7, 11) is 0. The number of nitrogens with two attached hydrogens (primary N) is 1. The lowest BCUT2D eigenvalue weighted by molar-refractivity contribution is -0.117. The molecule has 3 N–H and O–H groups in total. The average Bonchev–Trinajstić information content (AvgIpc) is 3.13. The smallest absolute Gasteiger partial charge is 0.228 e. The Hall–Kier alpha value is -2.96. The van der Waals surface area contributed by atoms with Gasteiger partial charge >= 0.3 is 0 Å². The number of amides is 1. The Balaban J connectivity index is 1.81. The quantitative estimate of drug-likeness (QED) is 0.749. The molecule has 22 heavy (non-hydrogen) atoms. The zero-order valence-corrected chi connectivity index (χ0v) is 11.8. The van der Waals surface area contributed by atoms with E-state index >= 15 is 0 Å². The number of anilines is 2. The first-order chi connectivity index (χ1) is 10.7. The van der Waals surface area contributed by atoms with E-state index in [9.17, 15) is 4.79 Å². The Bertz CT molecular complexity index is 838. The maximum Gasteiger partial charge on any atom is 0.228 e. The van der Waals surface area contributed by atoms with Crippen LogP contribution in [0.2, 0.25) is 0 Å². The number of para-hydroxylation sites is 2. The molecule has 0 radical (unpaired) electrons. The highest BCUT2D eigenvalue weighted by molar-refractivity contribution is 5.94. The van der Waals surface area contributed by atoms with Crippen LogP contribution in [0.1, 0.15) is 12.8 Å². The van der Waals surface area contributed by atoms with Crippen molar-refractivity contribution in [3.63, 3.8) is 0 Å². The number of aromatic nitrogens is 4. The van der Waals surface area contributed by atoms with Crippen molar-refractivity contribution in [2.45, 2.75) is 12.8 Å². The lowest BCUT2D eigenvalue weighted by Gasteiger charge is -2.14. The highest BCUT2D eigenvalue weighted by Gasteiger charge is 2.24. The number of hydrogen-bond donors (Lipinski definition) is 2. The molecular formula is C15H14N6O. The number of benzene rings is 1. The van der Waals surface area contributed by atoms with E-state index in [2.05, 4.69) is 19.9 Å². The van der Waals surface area contributed by atoms with Crippen molar-refractivity contribution in [1.29, 1.82) is 0 Å². The van der Waals surface area contributed by atoms with Gasteiger partial charge in [0, 0.05) is 13.0 Å². The molecule has 1 aliphatic heterocycles. The summed E-state index contributed by atoms with van der Waals surface area (Å²) in [6.45, 7) is 0.664. The third-order valence-electron chi connectivity index (χ3n) is 3.75. The highest BCUT2D eigenvalue weighted by Crippen LogP contribution is 2.26. The fourth-order valence-electron chi connectivity index (χ4n) is 2.65. The minimum absolute atomic E-state index is 0.0645. The topological polar surface area (TPSA) is 101 Å². The number of H-pyrrole nitrogens is 1. The Labute approximate surface area is 126 Å². The maximum atomic E-state index is 11.9. The number of hydrogen-bond acceptors (Lipinski definition) is 5. The molecule has 4 rings (SSSR count). The fraction of sp³-hybridized carbons (Fsp3) is 0.200. The first kappa shape index (κ1) is 12.8. The van der Waals surface area contributed by atoms with Crippen LogP contribution in [-0.4, -0.2) is 32.4 Å². The van der Waals surface area contributed by atoms with Crippen LogP contribution >= 0.6 is 0 Å². The number of fused-ring (bicyclic) bond motifs is 1. The monoisotopic (exact) mass is 294 g/mol. The van der Waals surface area contributed by atoms with Crippen LogP contribution in [0.4, 0.5) is 11.6 Å². The van der Waals surface area contributed by atoms with Crippen molar-refractivity contribution in [3.05, 3.63) is 30.5 Å². The molecule has 0 unspecified atom stereocenters. The Kier molecular flexibility index (Phi) is 2.78. The predicted molar refractivity (Wildman–Crippen MR) is 83.1 cm³/mol. The minimum Gasteiger partial charge on any atom is -0.382 e. The van der Waals surface area contributed by atoms with Gasteiger partial charge in [-0.15, -0.1) is 0 Å². The van der Waals surface area contributed by atoms with Crippen LogP contribution in [0.5, 0.6) is 0 Å². The molecule has 3 aromatic rings. The lowest BCUT2D eigenvalue weighted by Crippen LogP contribution is -2.25. The van der Waals surface area contributed by atoms with Crippen LogP contribution in [0.25, 0.3) is 22.6 Å². The van der Waals surface area contributed by atoms with Gasteiger partial charge in [-0.1, -0.05) is 12.1 Å². The summed E-state index contributed by atoms with van der Waals surface area (Å²) in [5.74, 6) is 1.43. The van der Waals surface area contributed by atoms with Gasteiger partial charge in [-0.2, -0.15) is 0 Å². The highest BCUT2D eigenvalue weighted by atomic mass is 16.2. The molecule has 1 aliphatic rings. The molecule has 0 spiro atoms. The van der Waals surface area contributed by atoms with E-state index in [4.69, 9.17) is 5.73 Å². The zero-order chi connectivity index (χ0) is 15.1. The number of nitrogens with zero attached hydrogens (tertiary/aromatic N) is 4. The normalized spacial score (nSPS) is 14.9. The molecule has 1 fully saturated rings. The lowest BCUT2D eigenvalue weighted by atomic mass is 10.3. The molecule has 1 saturated heterocycles. The van der Waals surface area contributed by atoms with E-state index in [0.29, 0.717) is 30.3 Å². The molecule has 0 aliphatic carbocycles. The number of nitrogens with one attached hydrogen (secondary N) is 1. The van der Waals surface area contributed by atoms with Crippen LogP contribution < -0.4 is 10.6 Å². The first-order valence-electron chi connectivity index (χ1n) is 7.10. The second kappa shape index (κ2) is 4.80. The van der Waals surface area contributed by atoms with Gasteiger partial charge in [-0.25, -0.2) is 15.0 Å². The van der Waals surface area contributed by atoms with Crippen LogP contribution in [0.15, 0.2) is 30.5 Å². The standard InChI is InChI=1S/C15H14N6O/c16-14-13(15-18-9-4-1-2-5-10(9)19-15)20-11(8-17-14)21-7-3-6-12(21)22/h1-2,4-5,8H,3,6-7H2,(H2,16,17)(H,18,19). The Morgan fingerprint density at radius 1 is 1.23 bits per heavy atom. The van der Waals surface area contributed by atoms with Crippen LogP contribution in [0, 0.1) is 0 Å². The molecule has 7 heteroatoms. The maximum absolute atomic E-state index is 11.9. The van der Waals surface area contributed by atoms with Crippen LogP contribution in [0.3, 0.4) is 0 Å². The van der Waals surface area contributed by atoms with E-state index < -0.39 is 0 Å². The van der Waals surface area contributed by atoms with E-state index in [1.807, 2.05) is 24.3 Å². The molecule has 7 nitrogen and oxygen atoms in total. The SMILES string of the molecule is Nc1ncc(N2CCCC2=O)nc1-c1nc2ccccc2[nH]1. The number of nitrogen functional groups attached to an aromatic ring is 1. The molecule has 110 valence electrons. The van der Waals surface area contributed by atoms with E-state index in [1.165, 1.54) is 6.20 Å². The van der Waals surface area contributed by atoms with Crippen molar-refractivity contribution in [2.75, 3.05) is 17.2 Å². The molecule has 0 atom stereocenters. The van der Waals surface area contributed by atoms with Gasteiger partial charge in [0.05, 0.1) is 17.2 Å². The van der Waals surface area contributed by atoms with Crippen molar-refractivity contribution >= 4 is 28.6 Å². The molecule has 1 amide bonds. The number of rotatable bonds is 2. The third kappa shape index (κ3) is 1.98. The summed E-state index contributed by atoms with van der Waals surface area (Å²) in [6.07, 6.45) is 2.92. The van der Waals surface area contributed by atoms with Crippen molar-refractivity contribution < 1.29 is 4.79 Å². The summed E-state index contributed by atoms with van der Waals surface area (Å²) < 4.78 is 0. The van der Waals surface area contributed by atoms with Gasteiger partial charge in [0.1, 0.15) is 0 Å². The van der Waals surface area contributed by atoms with E-state index in [-0.39, 0.29) is 11.7 Å². The van der Waals surface area contributed by atoms with Gasteiger partial charge in [-0.3, -0.25) is 9.69 Å². The average molecular weight is 294 g/mol. The number of imidazole rings is 1. The van der Waals surface area contributed by atoms with Crippen molar-refractivity contribution in [2.24, 2.45) is 0 Å². The molecule has 0 bridgehead atoms. The van der Waals surface area contributed by atoms with Crippen molar-refractivity contribution in [3.8, 4) is 11.5 Å². The second-order valence-corrected chi connectivity index (χ2v) is 5.21. The van der Waals surface area contributed by atoms with E-state index in [1.54, 1.807) is 4.90 Å². The summed E-state index contributed by atoms with van der Waals surface area (Å²) in [5.41, 5.74) is 8.14. The first-order valence-corrected chi connectivity index (χ1v) is 7.10. The van der Waals surface area contributed by atoms with Gasteiger partial charge in [-0.05, 0) is 18.6 Å². The molecular weight excluding hydrogens is 280 g/mol. The largest absolute Gasteiger partial charge is 0.382 e. The number of aromatic amines is 1. The second-order valence-electron chi connectivity index (χ2n) is 5.21. The van der Waals surface area contributed by atoms with Gasteiger partial charge < -0.3 is 10.7 Å². The summed E-state index contributed by atoms with van der Waals surface area (Å²) >= 11 is 0. The van der Waals surface area contributed by atoms with Crippen molar-refractivity contribution in [1.82, 2.24) is 19.9 Å². The molecule has 1 aromatic carbocycles. The minimum atomic E-state index is 0.0645. The third-order valence-corrected chi connectivity index (χ3v) is 3.75. The number of carbonyl (C=O) groups excluding carboxylic acids is 1. The number of carbonyl (C=O) groups is 1. The fourth-order valence-corrected chi connectivity index (χ4v) is 2.65. The van der Waals surface area contributed by atoms with Gasteiger partial charge in [0.15, 0.2) is 23.2 Å². The Morgan fingerprint density at radius 3 is 2.86 bits per heavy atom. The zero-order valence-electron chi connectivity index (χ0n) is 11.8. The Morgan fingerprint density at radius 2 is 2.09 bits per heavy atom. The van der Waals surface area contributed by atoms with E-state index in [0.717, 1.165) is 17.5 Å². The predicted octanol–water partition coefficient (Wildman–Crippen LogP) is 1.73. The summed E-state index contributed by atoms with van der Waals surface area (Å²) in [6, 6.07) is 7.69. The summed E-state index contributed by atoms with van der Waals surface area (Å²) in [4.78, 5) is 29.8. The van der Waals surface area contributed by atoms with Crippen LogP contribution in [-0.2, 0) is 4.79 Å². The van der Waals surface area contributed by atoms with Gasteiger partial charge in [0.2, 0.25) is 5.91 Å².